The van der Waals surface area contributed by atoms with Crippen molar-refractivity contribution >= 4 is 17.6 Å². The van der Waals surface area contributed by atoms with Crippen molar-refractivity contribution in [3.63, 3.8) is 0 Å². The molecule has 0 amide bonds. The molecular weight excluding hydrogens is 210 g/mol. The molecule has 1 unspecified atom stereocenters. The number of carbonyl (C=O) groups is 2. The van der Waals surface area contributed by atoms with Gasteiger partial charge in [0, 0.05) is 5.69 Å². The largest absolute Gasteiger partial charge is 0.480 e. The number of nitrogens with one attached hydrogen (secondary N) is 1. The van der Waals surface area contributed by atoms with E-state index in [4.69, 9.17) is 10.2 Å². The molecule has 0 radical (unpaired) electrons. The van der Waals surface area contributed by atoms with Gasteiger partial charge in [-0.1, -0.05) is 6.92 Å². The van der Waals surface area contributed by atoms with Crippen LogP contribution in [0.4, 0.5) is 5.69 Å². The Morgan fingerprint density at radius 2 is 1.81 bits per heavy atom. The van der Waals surface area contributed by atoms with Crippen molar-refractivity contribution in [2.75, 3.05) is 5.32 Å². The first-order chi connectivity index (χ1) is 7.54. The van der Waals surface area contributed by atoms with Crippen molar-refractivity contribution in [2.24, 2.45) is 0 Å². The van der Waals surface area contributed by atoms with E-state index in [0.717, 1.165) is 0 Å². The first-order valence-electron chi connectivity index (χ1n) is 4.87. The van der Waals surface area contributed by atoms with Gasteiger partial charge >= 0.3 is 11.9 Å². The third-order valence-corrected chi connectivity index (χ3v) is 2.18. The highest BCUT2D eigenvalue weighted by Gasteiger charge is 2.14. The van der Waals surface area contributed by atoms with Gasteiger partial charge in [-0.3, -0.25) is 0 Å². The number of hydrogen-bond acceptors (Lipinski definition) is 3. The van der Waals surface area contributed by atoms with Crippen LogP contribution >= 0.6 is 0 Å². The molecule has 0 spiro atoms. The lowest BCUT2D eigenvalue weighted by atomic mass is 10.1. The number of aromatic carboxylic acids is 1. The highest BCUT2D eigenvalue weighted by molar-refractivity contribution is 5.88. The van der Waals surface area contributed by atoms with E-state index in [2.05, 4.69) is 5.32 Å². The lowest BCUT2D eigenvalue weighted by molar-refractivity contribution is -0.137. The van der Waals surface area contributed by atoms with E-state index < -0.39 is 18.0 Å². The lowest BCUT2D eigenvalue weighted by Crippen LogP contribution is -2.28. The molecular formula is C11H13NO4. The highest BCUT2D eigenvalue weighted by atomic mass is 16.4. The van der Waals surface area contributed by atoms with E-state index in [9.17, 15) is 9.59 Å². The van der Waals surface area contributed by atoms with Crippen LogP contribution in [0.3, 0.4) is 0 Å². The molecule has 0 bridgehead atoms. The minimum absolute atomic E-state index is 0.175. The van der Waals surface area contributed by atoms with E-state index in [1.54, 1.807) is 19.1 Å². The standard InChI is InChI=1S/C11H13NO4/c1-2-9(11(15)16)12-8-5-3-7(4-6-8)10(13)14/h3-6,9,12H,2H2,1H3,(H,13,14)(H,15,16). The van der Waals surface area contributed by atoms with Crippen LogP contribution in [-0.2, 0) is 4.79 Å². The van der Waals surface area contributed by atoms with Gasteiger partial charge in [-0.25, -0.2) is 9.59 Å². The van der Waals surface area contributed by atoms with E-state index >= 15 is 0 Å². The number of hydrogen-bond donors (Lipinski definition) is 3. The van der Waals surface area contributed by atoms with Gasteiger partial charge in [0.1, 0.15) is 6.04 Å². The van der Waals surface area contributed by atoms with Gasteiger partial charge < -0.3 is 15.5 Å². The molecule has 0 aliphatic heterocycles. The zero-order valence-corrected chi connectivity index (χ0v) is 8.80. The molecule has 0 saturated carbocycles. The van der Waals surface area contributed by atoms with Crippen LogP contribution in [0.1, 0.15) is 23.7 Å². The summed E-state index contributed by atoms with van der Waals surface area (Å²) in [7, 11) is 0. The Morgan fingerprint density at radius 3 is 2.19 bits per heavy atom. The Bertz CT molecular complexity index is 385. The molecule has 1 aromatic rings. The first kappa shape index (κ1) is 12.0. The normalized spacial score (nSPS) is 11.8. The molecule has 0 saturated heterocycles. The van der Waals surface area contributed by atoms with Gasteiger partial charge in [-0.15, -0.1) is 0 Å². The quantitative estimate of drug-likeness (QED) is 0.706. The first-order valence-corrected chi connectivity index (χ1v) is 4.87. The number of rotatable bonds is 5. The fourth-order valence-electron chi connectivity index (χ4n) is 1.25. The molecule has 0 aliphatic rings. The molecule has 1 aromatic carbocycles. The molecule has 5 nitrogen and oxygen atoms in total. The molecule has 16 heavy (non-hydrogen) atoms. The molecule has 0 heterocycles. The Labute approximate surface area is 92.7 Å². The Kier molecular flexibility index (Phi) is 3.88. The summed E-state index contributed by atoms with van der Waals surface area (Å²) in [6.07, 6.45) is 0.454. The van der Waals surface area contributed by atoms with E-state index in [1.807, 2.05) is 0 Å². The summed E-state index contributed by atoms with van der Waals surface area (Å²) in [6, 6.07) is 5.30. The lowest BCUT2D eigenvalue weighted by Gasteiger charge is -2.13. The molecule has 0 fully saturated rings. The second-order valence-corrected chi connectivity index (χ2v) is 3.33. The number of carboxylic acid groups (broad SMARTS) is 2. The predicted molar refractivity (Wildman–Crippen MR) is 58.7 cm³/mol. The number of benzene rings is 1. The third-order valence-electron chi connectivity index (χ3n) is 2.18. The molecule has 0 aliphatic carbocycles. The van der Waals surface area contributed by atoms with E-state index in [0.29, 0.717) is 12.1 Å². The van der Waals surface area contributed by atoms with Crippen LogP contribution < -0.4 is 5.32 Å². The molecule has 86 valence electrons. The smallest absolute Gasteiger partial charge is 0.335 e. The summed E-state index contributed by atoms with van der Waals surface area (Å²) in [5, 5.41) is 20.3. The SMILES string of the molecule is CCC(Nc1ccc(C(=O)O)cc1)C(=O)O. The zero-order valence-electron chi connectivity index (χ0n) is 8.80. The maximum absolute atomic E-state index is 10.8. The minimum atomic E-state index is -1.00. The number of anilines is 1. The zero-order chi connectivity index (χ0) is 12.1. The van der Waals surface area contributed by atoms with Crippen molar-refractivity contribution in [1.82, 2.24) is 0 Å². The highest BCUT2D eigenvalue weighted by Crippen LogP contribution is 2.12. The van der Waals surface area contributed by atoms with Crippen LogP contribution in [0.25, 0.3) is 0 Å². The van der Waals surface area contributed by atoms with Gasteiger partial charge in [-0.2, -0.15) is 0 Å². The molecule has 3 N–H and O–H groups in total. The van der Waals surface area contributed by atoms with Crippen molar-refractivity contribution in [3.8, 4) is 0 Å². The maximum Gasteiger partial charge on any atom is 0.335 e. The van der Waals surface area contributed by atoms with Crippen molar-refractivity contribution in [2.45, 2.75) is 19.4 Å². The summed E-state index contributed by atoms with van der Waals surface area (Å²) in [6.45, 7) is 1.76. The predicted octanol–water partition coefficient (Wildman–Crippen LogP) is 1.66. The Hall–Kier alpha value is -2.04. The topological polar surface area (TPSA) is 86.6 Å². The summed E-state index contributed by atoms with van der Waals surface area (Å²) >= 11 is 0. The molecule has 0 aromatic heterocycles. The number of aliphatic carboxylic acids is 1. The third kappa shape index (κ3) is 2.98. The van der Waals surface area contributed by atoms with Crippen molar-refractivity contribution in [1.29, 1.82) is 0 Å². The average Bonchev–Trinajstić information content (AvgIpc) is 2.26. The van der Waals surface area contributed by atoms with Crippen molar-refractivity contribution < 1.29 is 19.8 Å². The number of carboxylic acids is 2. The fourth-order valence-corrected chi connectivity index (χ4v) is 1.25. The monoisotopic (exact) mass is 223 g/mol. The van der Waals surface area contributed by atoms with Gasteiger partial charge in [0.05, 0.1) is 5.56 Å². The van der Waals surface area contributed by atoms with Gasteiger partial charge in [0.25, 0.3) is 0 Å². The van der Waals surface area contributed by atoms with Crippen LogP contribution in [0, 0.1) is 0 Å². The summed E-state index contributed by atoms with van der Waals surface area (Å²) in [4.78, 5) is 21.3. The molecule has 1 rings (SSSR count). The van der Waals surface area contributed by atoms with Crippen LogP contribution in [0.2, 0.25) is 0 Å². The molecule has 5 heteroatoms. The van der Waals surface area contributed by atoms with Gasteiger partial charge in [-0.05, 0) is 30.7 Å². The summed E-state index contributed by atoms with van der Waals surface area (Å²) < 4.78 is 0. The molecule has 1 atom stereocenters. The Morgan fingerprint density at radius 1 is 1.25 bits per heavy atom. The minimum Gasteiger partial charge on any atom is -0.480 e. The van der Waals surface area contributed by atoms with Crippen LogP contribution in [0.15, 0.2) is 24.3 Å². The van der Waals surface area contributed by atoms with E-state index in [1.165, 1.54) is 12.1 Å². The van der Waals surface area contributed by atoms with Crippen LogP contribution in [-0.4, -0.2) is 28.2 Å². The second kappa shape index (κ2) is 5.16. The summed E-state index contributed by atoms with van der Waals surface area (Å²) in [5.74, 6) is -1.93. The Balaban J connectivity index is 2.75. The van der Waals surface area contributed by atoms with Crippen molar-refractivity contribution in [3.05, 3.63) is 29.8 Å². The van der Waals surface area contributed by atoms with Gasteiger partial charge in [0.2, 0.25) is 0 Å². The second-order valence-electron chi connectivity index (χ2n) is 3.33. The fraction of sp³-hybridized carbons (Fsp3) is 0.273. The van der Waals surface area contributed by atoms with Gasteiger partial charge in [0.15, 0.2) is 0 Å². The average molecular weight is 223 g/mol. The maximum atomic E-state index is 10.8. The summed E-state index contributed by atoms with van der Waals surface area (Å²) in [5.41, 5.74) is 0.771. The van der Waals surface area contributed by atoms with E-state index in [-0.39, 0.29) is 5.56 Å². The van der Waals surface area contributed by atoms with Crippen LogP contribution in [0.5, 0.6) is 0 Å².